The molecule has 0 aliphatic heterocycles. The molecular weight excluding hydrogens is 220 g/mol. The molecule has 1 heterocycles. The van der Waals surface area contributed by atoms with E-state index in [2.05, 4.69) is 5.10 Å². The van der Waals surface area contributed by atoms with Crippen LogP contribution in [-0.4, -0.2) is 9.78 Å². The smallest absolute Gasteiger partial charge is 0.0927 e. The number of para-hydroxylation sites is 2. The van der Waals surface area contributed by atoms with Crippen molar-refractivity contribution in [2.75, 3.05) is 0 Å². The van der Waals surface area contributed by atoms with E-state index in [0.717, 1.165) is 21.6 Å². The average molecular weight is 229 g/mol. The fourth-order valence-corrected chi connectivity index (χ4v) is 2.06. The van der Waals surface area contributed by atoms with Gasteiger partial charge in [0.05, 0.1) is 22.4 Å². The molecule has 3 aromatic rings. The second-order valence-corrected chi connectivity index (χ2v) is 3.98. The summed E-state index contributed by atoms with van der Waals surface area (Å²) < 4.78 is 1.86. The Morgan fingerprint density at radius 2 is 1.75 bits per heavy atom. The molecule has 0 saturated carbocycles. The van der Waals surface area contributed by atoms with Gasteiger partial charge in [0.15, 0.2) is 0 Å². The van der Waals surface area contributed by atoms with Crippen molar-refractivity contribution in [1.82, 2.24) is 9.78 Å². The van der Waals surface area contributed by atoms with Crippen LogP contribution in [0.4, 0.5) is 0 Å². The molecule has 16 heavy (non-hydrogen) atoms. The van der Waals surface area contributed by atoms with Gasteiger partial charge in [0.2, 0.25) is 0 Å². The van der Waals surface area contributed by atoms with Crippen molar-refractivity contribution in [1.29, 1.82) is 0 Å². The van der Waals surface area contributed by atoms with Gasteiger partial charge in [-0.05, 0) is 18.2 Å². The first-order chi connectivity index (χ1) is 7.86. The molecule has 0 radical (unpaired) electrons. The Kier molecular flexibility index (Phi) is 2.15. The largest absolute Gasteiger partial charge is 0.232 e. The maximum atomic E-state index is 6.19. The molecule has 0 N–H and O–H groups in total. The minimum Gasteiger partial charge on any atom is -0.232 e. The number of nitrogens with zero attached hydrogens (tertiary/aromatic N) is 2. The predicted octanol–water partition coefficient (Wildman–Crippen LogP) is 3.68. The van der Waals surface area contributed by atoms with Crippen LogP contribution in [0.5, 0.6) is 0 Å². The van der Waals surface area contributed by atoms with Crippen LogP contribution < -0.4 is 0 Å². The van der Waals surface area contributed by atoms with Crippen LogP contribution in [0.15, 0.2) is 54.7 Å². The minimum absolute atomic E-state index is 0.721. The SMILES string of the molecule is Clc1cccc2cnn(-c3ccccc3)c12. The Morgan fingerprint density at radius 1 is 0.938 bits per heavy atom. The Hall–Kier alpha value is -1.80. The molecule has 0 unspecified atom stereocenters. The van der Waals surface area contributed by atoms with Crippen LogP contribution in [0.2, 0.25) is 5.02 Å². The van der Waals surface area contributed by atoms with Crippen LogP contribution in [0.1, 0.15) is 0 Å². The van der Waals surface area contributed by atoms with Crippen molar-refractivity contribution in [2.24, 2.45) is 0 Å². The highest BCUT2D eigenvalue weighted by atomic mass is 35.5. The highest BCUT2D eigenvalue weighted by Crippen LogP contribution is 2.25. The summed E-state index contributed by atoms with van der Waals surface area (Å²) >= 11 is 6.19. The van der Waals surface area contributed by atoms with Gasteiger partial charge < -0.3 is 0 Å². The van der Waals surface area contributed by atoms with Crippen molar-refractivity contribution < 1.29 is 0 Å². The fourth-order valence-electron chi connectivity index (χ4n) is 1.80. The number of aromatic nitrogens is 2. The van der Waals surface area contributed by atoms with Gasteiger partial charge in [-0.1, -0.05) is 41.9 Å². The van der Waals surface area contributed by atoms with Gasteiger partial charge in [-0.15, -0.1) is 0 Å². The third-order valence-electron chi connectivity index (χ3n) is 2.54. The molecule has 0 bridgehead atoms. The van der Waals surface area contributed by atoms with E-state index in [1.165, 1.54) is 0 Å². The summed E-state index contributed by atoms with van der Waals surface area (Å²) in [4.78, 5) is 0. The van der Waals surface area contributed by atoms with Gasteiger partial charge in [0, 0.05) is 5.39 Å². The lowest BCUT2D eigenvalue weighted by Gasteiger charge is -2.03. The topological polar surface area (TPSA) is 17.8 Å². The third-order valence-corrected chi connectivity index (χ3v) is 2.85. The molecule has 0 fully saturated rings. The maximum Gasteiger partial charge on any atom is 0.0927 e. The van der Waals surface area contributed by atoms with Crippen molar-refractivity contribution in [3.05, 3.63) is 59.8 Å². The molecule has 2 nitrogen and oxygen atoms in total. The van der Waals surface area contributed by atoms with E-state index in [9.17, 15) is 0 Å². The quantitative estimate of drug-likeness (QED) is 0.621. The Morgan fingerprint density at radius 3 is 2.56 bits per heavy atom. The summed E-state index contributed by atoms with van der Waals surface area (Å²) in [7, 11) is 0. The molecule has 3 heteroatoms. The number of fused-ring (bicyclic) bond motifs is 1. The molecule has 2 aromatic carbocycles. The van der Waals surface area contributed by atoms with E-state index in [-0.39, 0.29) is 0 Å². The number of hydrogen-bond donors (Lipinski definition) is 0. The Balaban J connectivity index is 2.33. The summed E-state index contributed by atoms with van der Waals surface area (Å²) in [5.74, 6) is 0. The summed E-state index contributed by atoms with van der Waals surface area (Å²) in [6.07, 6.45) is 1.83. The van der Waals surface area contributed by atoms with Crippen molar-refractivity contribution in [2.45, 2.75) is 0 Å². The van der Waals surface area contributed by atoms with E-state index in [0.29, 0.717) is 0 Å². The second-order valence-electron chi connectivity index (χ2n) is 3.57. The molecular formula is C13H9ClN2. The van der Waals surface area contributed by atoms with Crippen LogP contribution in [0, 0.1) is 0 Å². The van der Waals surface area contributed by atoms with E-state index >= 15 is 0 Å². The van der Waals surface area contributed by atoms with Crippen LogP contribution in [0.25, 0.3) is 16.6 Å². The second kappa shape index (κ2) is 3.65. The predicted molar refractivity (Wildman–Crippen MR) is 66.1 cm³/mol. The van der Waals surface area contributed by atoms with Gasteiger partial charge in [-0.25, -0.2) is 4.68 Å². The van der Waals surface area contributed by atoms with E-state index in [4.69, 9.17) is 11.6 Å². The first kappa shape index (κ1) is 9.43. The zero-order chi connectivity index (χ0) is 11.0. The Labute approximate surface area is 98.1 Å². The van der Waals surface area contributed by atoms with Crippen LogP contribution >= 0.6 is 11.6 Å². The van der Waals surface area contributed by atoms with Gasteiger partial charge in [-0.3, -0.25) is 0 Å². The number of halogens is 1. The van der Waals surface area contributed by atoms with E-state index in [1.807, 2.05) is 59.4 Å². The molecule has 3 rings (SSSR count). The normalized spacial score (nSPS) is 10.8. The van der Waals surface area contributed by atoms with Gasteiger partial charge >= 0.3 is 0 Å². The summed E-state index contributed by atoms with van der Waals surface area (Å²) in [6, 6.07) is 15.8. The van der Waals surface area contributed by atoms with Crippen molar-refractivity contribution >= 4 is 22.5 Å². The molecule has 0 amide bonds. The lowest BCUT2D eigenvalue weighted by Crippen LogP contribution is -1.95. The summed E-state index contributed by atoms with van der Waals surface area (Å²) in [5, 5.41) is 6.13. The first-order valence-electron chi connectivity index (χ1n) is 5.04. The highest BCUT2D eigenvalue weighted by molar-refractivity contribution is 6.35. The van der Waals surface area contributed by atoms with Gasteiger partial charge in [0.1, 0.15) is 0 Å². The zero-order valence-electron chi connectivity index (χ0n) is 8.47. The standard InChI is InChI=1S/C13H9ClN2/c14-12-8-4-5-10-9-15-16(13(10)12)11-6-2-1-3-7-11/h1-9H. The first-order valence-corrected chi connectivity index (χ1v) is 5.42. The fraction of sp³-hybridized carbons (Fsp3) is 0. The van der Waals surface area contributed by atoms with Crippen molar-refractivity contribution in [3.63, 3.8) is 0 Å². The molecule has 0 saturated heterocycles. The van der Waals surface area contributed by atoms with E-state index < -0.39 is 0 Å². The lowest BCUT2D eigenvalue weighted by molar-refractivity contribution is 0.911. The molecule has 0 aliphatic rings. The Bertz CT molecular complexity index is 629. The average Bonchev–Trinajstić information content (AvgIpc) is 2.75. The van der Waals surface area contributed by atoms with Crippen molar-refractivity contribution in [3.8, 4) is 5.69 Å². The summed E-state index contributed by atoms with van der Waals surface area (Å²) in [5.41, 5.74) is 1.97. The van der Waals surface area contributed by atoms with E-state index in [1.54, 1.807) is 0 Å². The van der Waals surface area contributed by atoms with Gasteiger partial charge in [0.25, 0.3) is 0 Å². The molecule has 0 aliphatic carbocycles. The molecule has 0 spiro atoms. The zero-order valence-corrected chi connectivity index (χ0v) is 9.22. The lowest BCUT2D eigenvalue weighted by atomic mass is 10.2. The minimum atomic E-state index is 0.721. The number of benzene rings is 2. The van der Waals surface area contributed by atoms with Crippen LogP contribution in [0.3, 0.4) is 0 Å². The molecule has 1 aromatic heterocycles. The molecule has 0 atom stereocenters. The summed E-state index contributed by atoms with van der Waals surface area (Å²) in [6.45, 7) is 0. The molecule has 78 valence electrons. The third kappa shape index (κ3) is 1.39. The number of hydrogen-bond acceptors (Lipinski definition) is 1. The monoisotopic (exact) mass is 228 g/mol. The van der Waals surface area contributed by atoms with Gasteiger partial charge in [-0.2, -0.15) is 5.10 Å². The maximum absolute atomic E-state index is 6.19. The van der Waals surface area contributed by atoms with Crippen LogP contribution in [-0.2, 0) is 0 Å². The number of rotatable bonds is 1. The highest BCUT2D eigenvalue weighted by Gasteiger charge is 2.07.